The Balaban J connectivity index is 1.36. The number of aryl methyl sites for hydroxylation is 2. The Bertz CT molecular complexity index is 954. The molecule has 1 aliphatic heterocycles. The van der Waals surface area contributed by atoms with Gasteiger partial charge in [-0.25, -0.2) is 4.98 Å². The van der Waals surface area contributed by atoms with E-state index in [0.29, 0.717) is 25.5 Å². The molecule has 0 aliphatic carbocycles. The second kappa shape index (κ2) is 8.90. The Morgan fingerprint density at radius 2 is 1.97 bits per heavy atom. The fourth-order valence-corrected chi connectivity index (χ4v) is 3.82. The van der Waals surface area contributed by atoms with Crippen molar-refractivity contribution in [3.63, 3.8) is 0 Å². The molecule has 0 bridgehead atoms. The quantitative estimate of drug-likeness (QED) is 0.621. The van der Waals surface area contributed by atoms with Gasteiger partial charge in [0, 0.05) is 56.5 Å². The zero-order chi connectivity index (χ0) is 20.1. The van der Waals surface area contributed by atoms with Crippen LogP contribution < -0.4 is 4.74 Å². The summed E-state index contributed by atoms with van der Waals surface area (Å²) in [5, 5.41) is 4.63. The molecule has 0 N–H and O–H groups in total. The summed E-state index contributed by atoms with van der Waals surface area (Å²) in [6, 6.07) is 15.9. The van der Waals surface area contributed by atoms with Crippen molar-refractivity contribution in [1.29, 1.82) is 0 Å². The van der Waals surface area contributed by atoms with Gasteiger partial charge < -0.3 is 9.64 Å². The molecule has 0 spiro atoms. The van der Waals surface area contributed by atoms with Crippen LogP contribution in [0.5, 0.6) is 5.88 Å². The first kappa shape index (κ1) is 19.2. The Morgan fingerprint density at radius 3 is 2.76 bits per heavy atom. The molecule has 2 aromatic heterocycles. The highest BCUT2D eigenvalue weighted by Gasteiger charge is 2.26. The number of fused-ring (bicyclic) bond motifs is 1. The van der Waals surface area contributed by atoms with Crippen molar-refractivity contribution in [3.8, 4) is 5.88 Å². The normalized spacial score (nSPS) is 13.2. The molecule has 150 valence electrons. The lowest BCUT2D eigenvalue weighted by molar-refractivity contribution is -0.132. The molecule has 1 aromatic carbocycles. The zero-order valence-electron chi connectivity index (χ0n) is 16.8. The number of benzene rings is 1. The number of rotatable bonds is 7. The highest BCUT2D eigenvalue weighted by molar-refractivity contribution is 5.76. The monoisotopic (exact) mass is 390 g/mol. The number of hydrogen-bond donors (Lipinski definition) is 0. The molecule has 29 heavy (non-hydrogen) atoms. The van der Waals surface area contributed by atoms with E-state index < -0.39 is 0 Å². The molecule has 4 rings (SSSR count). The summed E-state index contributed by atoms with van der Waals surface area (Å²) in [4.78, 5) is 18.9. The van der Waals surface area contributed by atoms with Crippen molar-refractivity contribution in [3.05, 3.63) is 77.2 Å². The molecule has 0 atom stereocenters. The molecule has 0 unspecified atom stereocenters. The Hall–Kier alpha value is -3.15. The number of carbonyl (C=O) groups excluding carboxylic acids is 1. The summed E-state index contributed by atoms with van der Waals surface area (Å²) in [7, 11) is 1.96. The van der Waals surface area contributed by atoms with Crippen molar-refractivity contribution in [2.75, 3.05) is 6.54 Å². The van der Waals surface area contributed by atoms with E-state index in [2.05, 4.69) is 22.2 Å². The average Bonchev–Trinajstić information content (AvgIpc) is 3.08. The van der Waals surface area contributed by atoms with Crippen LogP contribution in [0.3, 0.4) is 0 Å². The topological polar surface area (TPSA) is 60.2 Å². The van der Waals surface area contributed by atoms with E-state index >= 15 is 0 Å². The van der Waals surface area contributed by atoms with Gasteiger partial charge in [-0.15, -0.1) is 0 Å². The van der Waals surface area contributed by atoms with Crippen LogP contribution in [0.15, 0.2) is 54.7 Å². The van der Waals surface area contributed by atoms with Crippen LogP contribution >= 0.6 is 0 Å². The van der Waals surface area contributed by atoms with Crippen LogP contribution in [0, 0.1) is 0 Å². The second-order valence-electron chi connectivity index (χ2n) is 7.36. The first-order chi connectivity index (χ1) is 14.2. The van der Waals surface area contributed by atoms with Crippen LogP contribution in [-0.2, 0) is 37.8 Å². The number of nitrogens with zero attached hydrogens (tertiary/aromatic N) is 4. The number of aromatic nitrogens is 3. The van der Waals surface area contributed by atoms with Gasteiger partial charge >= 0.3 is 0 Å². The maximum atomic E-state index is 12.8. The van der Waals surface area contributed by atoms with Crippen molar-refractivity contribution >= 4 is 5.91 Å². The largest absolute Gasteiger partial charge is 0.471 e. The van der Waals surface area contributed by atoms with Gasteiger partial charge in [0.25, 0.3) is 0 Å². The number of ether oxygens (including phenoxy) is 1. The van der Waals surface area contributed by atoms with Crippen LogP contribution in [0.1, 0.15) is 35.4 Å². The van der Waals surface area contributed by atoms with Crippen molar-refractivity contribution in [2.24, 2.45) is 7.05 Å². The molecule has 1 aliphatic rings. The van der Waals surface area contributed by atoms with Crippen molar-refractivity contribution in [2.45, 2.75) is 38.8 Å². The predicted molar refractivity (Wildman–Crippen MR) is 110 cm³/mol. The third kappa shape index (κ3) is 4.65. The summed E-state index contributed by atoms with van der Waals surface area (Å²) in [5.41, 5.74) is 4.47. The third-order valence-corrected chi connectivity index (χ3v) is 5.37. The van der Waals surface area contributed by atoms with Crippen molar-refractivity contribution in [1.82, 2.24) is 19.7 Å². The van der Waals surface area contributed by atoms with Gasteiger partial charge in [0.2, 0.25) is 11.8 Å². The maximum Gasteiger partial charge on any atom is 0.222 e. The van der Waals surface area contributed by atoms with Crippen molar-refractivity contribution < 1.29 is 9.53 Å². The van der Waals surface area contributed by atoms with Gasteiger partial charge in [-0.3, -0.25) is 9.48 Å². The summed E-state index contributed by atoms with van der Waals surface area (Å²) >= 11 is 0. The van der Waals surface area contributed by atoms with Gasteiger partial charge in [-0.1, -0.05) is 36.4 Å². The SMILES string of the molecule is Cn1nc(COc2ccccn2)c2c1CCN(C(=O)CCCc1ccccc1)C2. The molecule has 0 fully saturated rings. The van der Waals surface area contributed by atoms with E-state index in [1.54, 1.807) is 6.20 Å². The summed E-state index contributed by atoms with van der Waals surface area (Å²) in [6.07, 6.45) is 4.91. The molecule has 3 aromatic rings. The van der Waals surface area contributed by atoms with E-state index in [1.807, 2.05) is 53.0 Å². The third-order valence-electron chi connectivity index (χ3n) is 5.37. The first-order valence-electron chi connectivity index (χ1n) is 10.1. The molecule has 6 nitrogen and oxygen atoms in total. The van der Waals surface area contributed by atoms with Crippen LogP contribution in [-0.4, -0.2) is 32.1 Å². The van der Waals surface area contributed by atoms with Crippen LogP contribution in [0.4, 0.5) is 0 Å². The van der Waals surface area contributed by atoms with Gasteiger partial charge in [0.05, 0.1) is 0 Å². The van der Waals surface area contributed by atoms with Gasteiger partial charge in [-0.05, 0) is 24.5 Å². The molecular weight excluding hydrogens is 364 g/mol. The fraction of sp³-hybridized carbons (Fsp3) is 0.348. The van der Waals surface area contributed by atoms with Crippen LogP contribution in [0.2, 0.25) is 0 Å². The summed E-state index contributed by atoms with van der Waals surface area (Å²) in [5.74, 6) is 0.795. The molecular formula is C23H26N4O2. The smallest absolute Gasteiger partial charge is 0.222 e. The standard InChI is InChI=1S/C23H26N4O2/c1-26-21-13-15-27(23(28)12-7-10-18-8-3-2-4-9-18)16-19(21)20(25-26)17-29-22-11-5-6-14-24-22/h2-6,8-9,11,14H,7,10,12-13,15-17H2,1H3. The minimum atomic E-state index is 0.215. The second-order valence-corrected chi connectivity index (χ2v) is 7.36. The lowest BCUT2D eigenvalue weighted by atomic mass is 10.0. The fourth-order valence-electron chi connectivity index (χ4n) is 3.82. The summed E-state index contributed by atoms with van der Waals surface area (Å²) in [6.45, 7) is 1.71. The molecule has 6 heteroatoms. The Kier molecular flexibility index (Phi) is 5.89. The first-order valence-corrected chi connectivity index (χ1v) is 10.1. The predicted octanol–water partition coefficient (Wildman–Crippen LogP) is 3.30. The maximum absolute atomic E-state index is 12.8. The average molecular weight is 390 g/mol. The van der Waals surface area contributed by atoms with E-state index in [0.717, 1.165) is 37.1 Å². The molecule has 0 saturated heterocycles. The van der Waals surface area contributed by atoms with Gasteiger partial charge in [-0.2, -0.15) is 5.10 Å². The van der Waals surface area contributed by atoms with E-state index in [-0.39, 0.29) is 5.91 Å². The Morgan fingerprint density at radius 1 is 1.14 bits per heavy atom. The lowest BCUT2D eigenvalue weighted by Gasteiger charge is -2.28. The highest BCUT2D eigenvalue weighted by atomic mass is 16.5. The Labute approximate surface area is 171 Å². The lowest BCUT2D eigenvalue weighted by Crippen LogP contribution is -2.36. The molecule has 3 heterocycles. The molecule has 0 radical (unpaired) electrons. The number of hydrogen-bond acceptors (Lipinski definition) is 4. The molecule has 1 amide bonds. The number of amides is 1. The minimum absolute atomic E-state index is 0.215. The zero-order valence-corrected chi connectivity index (χ0v) is 16.8. The van der Waals surface area contributed by atoms with Gasteiger partial charge in [0.1, 0.15) is 12.3 Å². The number of carbonyl (C=O) groups is 1. The van der Waals surface area contributed by atoms with E-state index in [4.69, 9.17) is 4.74 Å². The molecule has 0 saturated carbocycles. The van der Waals surface area contributed by atoms with Gasteiger partial charge in [0.15, 0.2) is 0 Å². The minimum Gasteiger partial charge on any atom is -0.471 e. The van der Waals surface area contributed by atoms with Crippen LogP contribution in [0.25, 0.3) is 0 Å². The highest BCUT2D eigenvalue weighted by Crippen LogP contribution is 2.24. The summed E-state index contributed by atoms with van der Waals surface area (Å²) < 4.78 is 7.71. The van der Waals surface area contributed by atoms with E-state index in [9.17, 15) is 4.79 Å². The number of pyridine rings is 1. The van der Waals surface area contributed by atoms with E-state index in [1.165, 1.54) is 11.3 Å².